The Bertz CT molecular complexity index is 1060. The Hall–Kier alpha value is -2.48. The second-order valence-electron chi connectivity index (χ2n) is 6.23. The lowest BCUT2D eigenvalue weighted by molar-refractivity contribution is 0.100. The van der Waals surface area contributed by atoms with Crippen LogP contribution in [0.3, 0.4) is 0 Å². The molecule has 0 radical (unpaired) electrons. The lowest BCUT2D eigenvalue weighted by Crippen LogP contribution is -2.27. The maximum absolute atomic E-state index is 12.7. The molecule has 0 fully saturated rings. The number of hydrogen-bond donors (Lipinski definition) is 2. The van der Waals surface area contributed by atoms with E-state index in [-0.39, 0.29) is 9.77 Å². The van der Waals surface area contributed by atoms with E-state index in [1.807, 2.05) is 54.6 Å². The molecule has 3 aromatic rings. The van der Waals surface area contributed by atoms with Crippen molar-refractivity contribution in [2.24, 2.45) is 5.73 Å². The van der Waals surface area contributed by atoms with Crippen LogP contribution >= 0.6 is 11.3 Å². The first kappa shape index (κ1) is 19.3. The summed E-state index contributed by atoms with van der Waals surface area (Å²) in [6.07, 6.45) is 0. The molecule has 0 saturated heterocycles. The lowest BCUT2D eigenvalue weighted by Gasteiger charge is -2.15. The van der Waals surface area contributed by atoms with Crippen molar-refractivity contribution in [1.82, 2.24) is 4.72 Å². The molecule has 5 nitrogen and oxygen atoms in total. The van der Waals surface area contributed by atoms with Crippen molar-refractivity contribution in [3.05, 3.63) is 76.0 Å². The summed E-state index contributed by atoms with van der Waals surface area (Å²) in [6, 6.07) is 18.6. The van der Waals surface area contributed by atoms with Crippen molar-refractivity contribution < 1.29 is 13.2 Å². The van der Waals surface area contributed by atoms with Crippen LogP contribution in [0.5, 0.6) is 0 Å². The summed E-state index contributed by atoms with van der Waals surface area (Å²) in [4.78, 5) is 12.2. The maximum atomic E-state index is 12.7. The Kier molecular flexibility index (Phi) is 5.46. The number of nitrogens with one attached hydrogen (secondary N) is 1. The van der Waals surface area contributed by atoms with E-state index in [1.54, 1.807) is 13.8 Å². The highest BCUT2D eigenvalue weighted by Gasteiger charge is 2.23. The third kappa shape index (κ3) is 4.27. The summed E-state index contributed by atoms with van der Waals surface area (Å²) in [5.74, 6) is -0.630. The second-order valence-corrected chi connectivity index (χ2v) is 9.17. The molecular weight excluding hydrogens is 380 g/mol. The van der Waals surface area contributed by atoms with E-state index in [1.165, 1.54) is 6.07 Å². The third-order valence-electron chi connectivity index (χ3n) is 4.25. The highest BCUT2D eigenvalue weighted by molar-refractivity contribution is 7.89. The third-order valence-corrected chi connectivity index (χ3v) is 7.12. The summed E-state index contributed by atoms with van der Waals surface area (Å²) in [5.41, 5.74) is 8.26. The van der Waals surface area contributed by atoms with E-state index in [0.29, 0.717) is 4.88 Å². The smallest absolute Gasteiger partial charge is 0.258 e. The Morgan fingerprint density at radius 1 is 1.04 bits per heavy atom. The van der Waals surface area contributed by atoms with E-state index in [0.717, 1.165) is 28.0 Å². The van der Waals surface area contributed by atoms with E-state index < -0.39 is 22.0 Å². The number of primary amides is 1. The molecule has 0 bridgehead atoms. The van der Waals surface area contributed by atoms with Gasteiger partial charge in [-0.05, 0) is 36.6 Å². The Labute approximate surface area is 162 Å². The number of carbonyl (C=O) groups is 1. The van der Waals surface area contributed by atoms with Crippen molar-refractivity contribution in [2.75, 3.05) is 0 Å². The van der Waals surface area contributed by atoms with Gasteiger partial charge in [0.2, 0.25) is 10.0 Å². The number of aryl methyl sites for hydroxylation is 1. The first-order valence-corrected chi connectivity index (χ1v) is 10.7. The molecule has 3 N–H and O–H groups in total. The van der Waals surface area contributed by atoms with Gasteiger partial charge >= 0.3 is 0 Å². The van der Waals surface area contributed by atoms with E-state index >= 15 is 0 Å². The first-order valence-electron chi connectivity index (χ1n) is 8.36. The molecule has 3 rings (SSSR count). The van der Waals surface area contributed by atoms with Crippen molar-refractivity contribution in [3.63, 3.8) is 0 Å². The molecule has 1 aromatic heterocycles. The number of carbonyl (C=O) groups excluding carboxylic acids is 1. The van der Waals surface area contributed by atoms with Crippen LogP contribution in [0.1, 0.15) is 33.1 Å². The highest BCUT2D eigenvalue weighted by Crippen LogP contribution is 2.27. The zero-order valence-electron chi connectivity index (χ0n) is 15.0. The lowest BCUT2D eigenvalue weighted by atomic mass is 10.0. The minimum absolute atomic E-state index is 0.0917. The molecule has 1 amide bonds. The quantitative estimate of drug-likeness (QED) is 0.658. The second kappa shape index (κ2) is 7.64. The molecule has 27 heavy (non-hydrogen) atoms. The van der Waals surface area contributed by atoms with E-state index in [9.17, 15) is 13.2 Å². The van der Waals surface area contributed by atoms with Crippen molar-refractivity contribution in [3.8, 4) is 11.1 Å². The van der Waals surface area contributed by atoms with Gasteiger partial charge in [-0.25, -0.2) is 13.1 Å². The van der Waals surface area contributed by atoms with Crippen LogP contribution in [0.15, 0.2) is 65.6 Å². The predicted octanol–water partition coefficient (Wildman–Crippen LogP) is 3.86. The summed E-state index contributed by atoms with van der Waals surface area (Å²) >= 11 is 1.08. The molecule has 1 heterocycles. The number of nitrogens with two attached hydrogens (primary N) is 1. The topological polar surface area (TPSA) is 89.3 Å². The zero-order valence-corrected chi connectivity index (χ0v) is 16.6. The minimum Gasteiger partial charge on any atom is -0.365 e. The van der Waals surface area contributed by atoms with Gasteiger partial charge in [-0.2, -0.15) is 0 Å². The van der Waals surface area contributed by atoms with Crippen LogP contribution in [0.2, 0.25) is 0 Å². The number of sulfonamides is 1. The van der Waals surface area contributed by atoms with Crippen LogP contribution in [-0.2, 0) is 10.0 Å². The van der Waals surface area contributed by atoms with Gasteiger partial charge in [-0.1, -0.05) is 54.6 Å². The van der Waals surface area contributed by atoms with Gasteiger partial charge in [0, 0.05) is 10.9 Å². The van der Waals surface area contributed by atoms with Gasteiger partial charge in [0.1, 0.15) is 0 Å². The van der Waals surface area contributed by atoms with Gasteiger partial charge in [0.05, 0.1) is 9.77 Å². The number of thiophene rings is 1. The van der Waals surface area contributed by atoms with Crippen LogP contribution in [0, 0.1) is 6.92 Å². The average Bonchev–Trinajstić information content (AvgIpc) is 3.05. The first-order chi connectivity index (χ1) is 12.8. The van der Waals surface area contributed by atoms with E-state index in [2.05, 4.69) is 4.72 Å². The molecule has 0 spiro atoms. The molecule has 0 saturated carbocycles. The van der Waals surface area contributed by atoms with Gasteiger partial charge in [-0.15, -0.1) is 11.3 Å². The highest BCUT2D eigenvalue weighted by atomic mass is 32.2. The molecule has 0 unspecified atom stereocenters. The number of rotatable bonds is 6. The van der Waals surface area contributed by atoms with Gasteiger partial charge < -0.3 is 5.73 Å². The predicted molar refractivity (Wildman–Crippen MR) is 108 cm³/mol. The number of benzene rings is 2. The molecule has 1 atom stereocenters. The fourth-order valence-electron chi connectivity index (χ4n) is 2.81. The molecule has 0 aliphatic rings. The van der Waals surface area contributed by atoms with Crippen molar-refractivity contribution >= 4 is 27.3 Å². The van der Waals surface area contributed by atoms with Crippen molar-refractivity contribution in [2.45, 2.75) is 24.8 Å². The molecule has 0 aliphatic carbocycles. The zero-order chi connectivity index (χ0) is 19.6. The molecular formula is C20H20N2O3S2. The van der Waals surface area contributed by atoms with Crippen LogP contribution in [0.25, 0.3) is 11.1 Å². The van der Waals surface area contributed by atoms with Gasteiger partial charge in [0.25, 0.3) is 5.91 Å². The van der Waals surface area contributed by atoms with E-state index in [4.69, 9.17) is 5.73 Å². The SMILES string of the molecule is Cc1sc(C(N)=O)cc1S(=O)(=O)N[C@@H](C)c1ccc(-c2ccccc2)cc1. The molecule has 2 aromatic carbocycles. The summed E-state index contributed by atoms with van der Waals surface area (Å²) in [7, 11) is -3.76. The molecule has 7 heteroatoms. The molecule has 140 valence electrons. The summed E-state index contributed by atoms with van der Waals surface area (Å²) < 4.78 is 28.1. The van der Waals surface area contributed by atoms with Crippen LogP contribution in [-0.4, -0.2) is 14.3 Å². The van der Waals surface area contributed by atoms with Gasteiger partial charge in [-0.3, -0.25) is 4.79 Å². The van der Waals surface area contributed by atoms with Crippen LogP contribution in [0.4, 0.5) is 0 Å². The Morgan fingerprint density at radius 2 is 1.63 bits per heavy atom. The maximum Gasteiger partial charge on any atom is 0.258 e. The van der Waals surface area contributed by atoms with Gasteiger partial charge in [0.15, 0.2) is 0 Å². The monoisotopic (exact) mass is 400 g/mol. The standard InChI is InChI=1S/C20H20N2O3S2/c1-13(15-8-10-17(11-9-15)16-6-4-3-5-7-16)22-27(24,25)19-12-18(20(21)23)26-14(19)2/h3-13,22H,1-2H3,(H2,21,23)/t13-/m0/s1. The average molecular weight is 401 g/mol. The summed E-state index contributed by atoms with van der Waals surface area (Å²) in [5, 5.41) is 0. The molecule has 0 aliphatic heterocycles. The van der Waals surface area contributed by atoms with Crippen molar-refractivity contribution in [1.29, 1.82) is 0 Å². The normalized spacial score (nSPS) is 12.7. The number of hydrogen-bond acceptors (Lipinski definition) is 4. The Morgan fingerprint density at radius 3 is 2.19 bits per heavy atom. The fourth-order valence-corrected chi connectivity index (χ4v) is 5.49. The number of amides is 1. The largest absolute Gasteiger partial charge is 0.365 e. The minimum atomic E-state index is -3.76. The fraction of sp³-hybridized carbons (Fsp3) is 0.150. The summed E-state index contributed by atoms with van der Waals surface area (Å²) in [6.45, 7) is 3.44. The Balaban J connectivity index is 1.80. The van der Waals surface area contributed by atoms with Crippen LogP contribution < -0.4 is 10.5 Å².